The number of unbranched alkanes of at least 4 members (excludes halogenated alkanes) is 2. The summed E-state index contributed by atoms with van der Waals surface area (Å²) in [4.78, 5) is 9.87. The van der Waals surface area contributed by atoms with Crippen molar-refractivity contribution in [2.45, 2.75) is 66.7 Å². The van der Waals surface area contributed by atoms with Crippen molar-refractivity contribution in [2.75, 3.05) is 0 Å². The predicted octanol–water partition coefficient (Wildman–Crippen LogP) is 3.92. The van der Waals surface area contributed by atoms with Crippen molar-refractivity contribution in [2.24, 2.45) is 0 Å². The molecule has 0 bridgehead atoms. The maximum absolute atomic E-state index is 9.87. The van der Waals surface area contributed by atoms with Crippen molar-refractivity contribution < 1.29 is 9.90 Å². The monoisotopic (exact) mass is 324 g/mol. The van der Waals surface area contributed by atoms with Gasteiger partial charge in [-0.1, -0.05) is 19.8 Å². The molecule has 15 heavy (non-hydrogen) atoms. The van der Waals surface area contributed by atoms with Gasteiger partial charge in [-0.2, -0.15) is 0 Å². The molecule has 0 saturated heterocycles. The molecule has 0 aliphatic heterocycles. The maximum atomic E-state index is 9.87. The van der Waals surface area contributed by atoms with Gasteiger partial charge in [0, 0.05) is 6.42 Å². The molecular weight excluding hydrogens is 295 g/mol. The van der Waals surface area contributed by atoms with Crippen LogP contribution in [0.25, 0.3) is 0 Å². The third kappa shape index (κ3) is 16.9. The number of aliphatic carboxylic acids is 1. The van der Waals surface area contributed by atoms with Crippen LogP contribution in [0, 0.1) is 0 Å². The average molecular weight is 323 g/mol. The van der Waals surface area contributed by atoms with Gasteiger partial charge in [0.15, 0.2) is 0 Å². The summed E-state index contributed by atoms with van der Waals surface area (Å²) in [6.07, 6.45) is 3.28. The minimum absolute atomic E-state index is 0.327. The Morgan fingerprint density at radius 3 is 1.67 bits per heavy atom. The first-order valence-electron chi connectivity index (χ1n) is 6.33. The van der Waals surface area contributed by atoms with Gasteiger partial charge < -0.3 is 5.11 Å². The molecule has 0 aromatic carbocycles. The van der Waals surface area contributed by atoms with Gasteiger partial charge in [0.1, 0.15) is 0 Å². The van der Waals surface area contributed by atoms with Crippen LogP contribution in [0.5, 0.6) is 0 Å². The number of hydrogen-bond donors (Lipinski definition) is 1. The molecule has 0 rings (SSSR count). The Morgan fingerprint density at radius 2 is 1.47 bits per heavy atom. The van der Waals surface area contributed by atoms with Gasteiger partial charge in [-0.25, -0.2) is 0 Å². The van der Waals surface area contributed by atoms with Crippen LogP contribution in [0.15, 0.2) is 0 Å². The summed E-state index contributed by atoms with van der Waals surface area (Å²) >= 11 is -0.764. The van der Waals surface area contributed by atoms with Crippen LogP contribution in [0.2, 0.25) is 13.3 Å². The van der Waals surface area contributed by atoms with Crippen molar-refractivity contribution in [3.05, 3.63) is 0 Å². The van der Waals surface area contributed by atoms with E-state index in [0.29, 0.717) is 6.42 Å². The number of hydrogen-bond acceptors (Lipinski definition) is 1. The summed E-state index contributed by atoms with van der Waals surface area (Å²) in [5.74, 6) is -0.682. The van der Waals surface area contributed by atoms with Crippen molar-refractivity contribution in [3.63, 3.8) is 0 Å². The zero-order valence-corrected chi connectivity index (χ0v) is 14.2. The fourth-order valence-corrected chi connectivity index (χ4v) is 6.34. The Kier molecular flexibility index (Phi) is 16.8. The fourth-order valence-electron chi connectivity index (χ4n) is 1.39. The normalized spacial score (nSPS) is 9.67. The summed E-state index contributed by atoms with van der Waals surface area (Å²) in [5.41, 5.74) is 0. The predicted molar refractivity (Wildman–Crippen MR) is 70.4 cm³/mol. The van der Waals surface area contributed by atoms with Gasteiger partial charge >= 0.3 is 59.8 Å². The summed E-state index contributed by atoms with van der Waals surface area (Å²) < 4.78 is 4.69. The summed E-state index contributed by atoms with van der Waals surface area (Å²) in [6.45, 7) is 9.12. The van der Waals surface area contributed by atoms with Crippen LogP contribution in [-0.4, -0.2) is 30.8 Å². The van der Waals surface area contributed by atoms with Crippen molar-refractivity contribution in [3.8, 4) is 0 Å². The average Bonchev–Trinajstić information content (AvgIpc) is 2.21. The quantitative estimate of drug-likeness (QED) is 0.569. The van der Waals surface area contributed by atoms with E-state index in [1.807, 2.05) is 0 Å². The van der Waals surface area contributed by atoms with Gasteiger partial charge in [0.05, 0.1) is 0 Å². The molecule has 0 radical (unpaired) electrons. The first-order chi connectivity index (χ1) is 7.12. The van der Waals surface area contributed by atoms with Crippen molar-refractivity contribution >= 4 is 25.7 Å². The number of carbonyl (C=O) groups is 1. The first-order valence-corrected chi connectivity index (χ1v) is 13.3. The van der Waals surface area contributed by atoms with Crippen LogP contribution in [-0.2, 0) is 4.79 Å². The van der Waals surface area contributed by atoms with E-state index >= 15 is 0 Å². The molecule has 0 aliphatic rings. The summed E-state index contributed by atoms with van der Waals surface area (Å²) in [5, 5.41) is 8.14. The van der Waals surface area contributed by atoms with Gasteiger partial charge in [0.25, 0.3) is 0 Å². The van der Waals surface area contributed by atoms with Crippen LogP contribution >= 0.6 is 0 Å². The molecule has 3 heteroatoms. The first kappa shape index (κ1) is 17.7. The SMILES string of the molecule is CCCCCC(=O)O.C[CH2][SnH]([CH2]C)[CH2]C. The molecular formula is C12H28O2Sn. The van der Waals surface area contributed by atoms with E-state index in [9.17, 15) is 4.79 Å². The Balaban J connectivity index is 0. The van der Waals surface area contributed by atoms with Crippen LogP contribution < -0.4 is 0 Å². The molecule has 0 saturated carbocycles. The molecule has 0 unspecified atom stereocenters. The molecule has 92 valence electrons. The summed E-state index contributed by atoms with van der Waals surface area (Å²) in [7, 11) is 0. The zero-order valence-electron chi connectivity index (χ0n) is 10.9. The van der Waals surface area contributed by atoms with E-state index in [2.05, 4.69) is 27.7 Å². The number of carboxylic acids is 1. The van der Waals surface area contributed by atoms with Gasteiger partial charge in [-0.15, -0.1) is 0 Å². The Bertz CT molecular complexity index is 128. The molecule has 0 heterocycles. The molecule has 0 fully saturated rings. The van der Waals surface area contributed by atoms with Gasteiger partial charge in [-0.3, -0.25) is 4.79 Å². The minimum atomic E-state index is -0.764. The molecule has 0 aromatic heterocycles. The molecule has 0 aliphatic carbocycles. The van der Waals surface area contributed by atoms with E-state index in [1.54, 1.807) is 13.3 Å². The van der Waals surface area contributed by atoms with E-state index in [1.165, 1.54) is 0 Å². The third-order valence-electron chi connectivity index (χ3n) is 2.73. The fraction of sp³-hybridized carbons (Fsp3) is 0.917. The molecule has 1 N–H and O–H groups in total. The topological polar surface area (TPSA) is 37.3 Å². The number of rotatable bonds is 7. The second-order valence-corrected chi connectivity index (χ2v) is 15.9. The molecule has 0 amide bonds. The van der Waals surface area contributed by atoms with E-state index in [0.717, 1.165) is 19.3 Å². The summed E-state index contributed by atoms with van der Waals surface area (Å²) in [6, 6.07) is 0. The Hall–Kier alpha value is 0.269. The van der Waals surface area contributed by atoms with Crippen LogP contribution in [0.3, 0.4) is 0 Å². The van der Waals surface area contributed by atoms with E-state index < -0.39 is 25.7 Å². The third-order valence-corrected chi connectivity index (χ3v) is 12.6. The van der Waals surface area contributed by atoms with Gasteiger partial charge in [0.2, 0.25) is 0 Å². The zero-order chi connectivity index (χ0) is 12.1. The Labute approximate surface area is 102 Å². The number of carboxylic acid groups (broad SMARTS) is 1. The molecule has 0 aromatic rings. The second-order valence-electron chi connectivity index (χ2n) is 3.94. The van der Waals surface area contributed by atoms with Gasteiger partial charge in [-0.05, 0) is 6.42 Å². The van der Waals surface area contributed by atoms with Crippen LogP contribution in [0.4, 0.5) is 0 Å². The van der Waals surface area contributed by atoms with Crippen LogP contribution in [0.1, 0.15) is 53.4 Å². The second kappa shape index (κ2) is 14.3. The molecule has 0 spiro atoms. The standard InChI is InChI=1S/C6H12O2.3C2H5.Sn.H/c1-2-3-4-5-6(7)8;3*1-2;;/h2-5H2,1H3,(H,7,8);3*1H2,2H3;;. The molecule has 0 atom stereocenters. The van der Waals surface area contributed by atoms with E-state index in [-0.39, 0.29) is 0 Å². The van der Waals surface area contributed by atoms with Crippen molar-refractivity contribution in [1.29, 1.82) is 0 Å². The Morgan fingerprint density at radius 1 is 1.00 bits per heavy atom. The van der Waals surface area contributed by atoms with Crippen molar-refractivity contribution in [1.82, 2.24) is 0 Å². The van der Waals surface area contributed by atoms with E-state index in [4.69, 9.17) is 5.11 Å². The molecule has 2 nitrogen and oxygen atoms in total.